The van der Waals surface area contributed by atoms with Gasteiger partial charge < -0.3 is 9.47 Å². The second-order valence-corrected chi connectivity index (χ2v) is 5.86. The van der Waals surface area contributed by atoms with Crippen molar-refractivity contribution in [3.63, 3.8) is 0 Å². The number of allylic oxidation sites excluding steroid dienone is 1. The van der Waals surface area contributed by atoms with Crippen LogP contribution in [0.25, 0.3) is 17.2 Å². The number of rotatable bonds is 6. The Bertz CT molecular complexity index is 975. The van der Waals surface area contributed by atoms with Crippen molar-refractivity contribution >= 4 is 11.9 Å². The predicted octanol–water partition coefficient (Wildman–Crippen LogP) is 5.41. The zero-order valence-electron chi connectivity index (χ0n) is 15.1. The Balaban J connectivity index is 1.89. The number of benzene rings is 3. The molecule has 27 heavy (non-hydrogen) atoms. The molecule has 0 amide bonds. The molecule has 0 aliphatic rings. The highest BCUT2D eigenvalue weighted by molar-refractivity contribution is 6.10. The number of carbonyl (C=O) groups excluding carboxylic acids is 1. The fraction of sp³-hybridized carbons (Fsp3) is 0.0870. The van der Waals surface area contributed by atoms with Crippen LogP contribution in [0, 0.1) is 5.82 Å². The largest absolute Gasteiger partial charge is 0.493 e. The van der Waals surface area contributed by atoms with Crippen molar-refractivity contribution in [3.8, 4) is 22.6 Å². The van der Waals surface area contributed by atoms with Gasteiger partial charge in [-0.05, 0) is 47.0 Å². The summed E-state index contributed by atoms with van der Waals surface area (Å²) < 4.78 is 23.7. The molecule has 3 aromatic carbocycles. The summed E-state index contributed by atoms with van der Waals surface area (Å²) in [6.07, 6.45) is 3.25. The molecule has 0 saturated heterocycles. The van der Waals surface area contributed by atoms with Gasteiger partial charge >= 0.3 is 0 Å². The van der Waals surface area contributed by atoms with Crippen molar-refractivity contribution < 1.29 is 18.7 Å². The fourth-order valence-corrected chi connectivity index (χ4v) is 2.80. The first-order valence-electron chi connectivity index (χ1n) is 8.42. The van der Waals surface area contributed by atoms with Crippen molar-refractivity contribution in [3.05, 3.63) is 89.8 Å². The van der Waals surface area contributed by atoms with Crippen LogP contribution in [0.1, 0.15) is 15.9 Å². The summed E-state index contributed by atoms with van der Waals surface area (Å²) >= 11 is 0. The molecule has 0 aliphatic carbocycles. The first-order chi connectivity index (χ1) is 13.1. The minimum atomic E-state index is -0.309. The Morgan fingerprint density at radius 2 is 1.59 bits per heavy atom. The molecule has 0 aliphatic heterocycles. The van der Waals surface area contributed by atoms with Crippen LogP contribution >= 0.6 is 0 Å². The number of halogens is 1. The van der Waals surface area contributed by atoms with E-state index >= 15 is 0 Å². The van der Waals surface area contributed by atoms with Crippen molar-refractivity contribution in [2.24, 2.45) is 0 Å². The number of methoxy groups -OCH3 is 2. The van der Waals surface area contributed by atoms with Gasteiger partial charge in [0.1, 0.15) is 5.82 Å². The van der Waals surface area contributed by atoms with E-state index in [0.29, 0.717) is 17.1 Å². The van der Waals surface area contributed by atoms with Gasteiger partial charge in [0.15, 0.2) is 17.3 Å². The van der Waals surface area contributed by atoms with Crippen LogP contribution in [0.5, 0.6) is 11.5 Å². The first kappa shape index (κ1) is 18.4. The molecule has 0 aromatic heterocycles. The molecule has 0 heterocycles. The van der Waals surface area contributed by atoms with E-state index in [4.69, 9.17) is 9.47 Å². The highest BCUT2D eigenvalue weighted by atomic mass is 19.1. The molecule has 3 aromatic rings. The van der Waals surface area contributed by atoms with Crippen LogP contribution < -0.4 is 9.47 Å². The van der Waals surface area contributed by atoms with Gasteiger partial charge in [-0.3, -0.25) is 4.79 Å². The van der Waals surface area contributed by atoms with E-state index in [1.165, 1.54) is 18.2 Å². The summed E-state index contributed by atoms with van der Waals surface area (Å²) in [7, 11) is 3.14. The topological polar surface area (TPSA) is 35.5 Å². The van der Waals surface area contributed by atoms with Gasteiger partial charge in [-0.15, -0.1) is 0 Å². The highest BCUT2D eigenvalue weighted by Gasteiger charge is 2.10. The maximum Gasteiger partial charge on any atom is 0.186 e. The van der Waals surface area contributed by atoms with Gasteiger partial charge in [-0.1, -0.05) is 48.5 Å². The standard InChI is InChI=1S/C23H19FO3/c1-26-22-14-8-16(15-23(22)27-2)7-13-21(25)20-6-4-3-5-19(20)17-9-11-18(24)12-10-17/h3-15H,1-2H3/b13-7+. The molecule has 0 fully saturated rings. The summed E-state index contributed by atoms with van der Waals surface area (Å²) in [5, 5.41) is 0. The molecule has 0 bridgehead atoms. The summed E-state index contributed by atoms with van der Waals surface area (Å²) in [6.45, 7) is 0. The van der Waals surface area contributed by atoms with Gasteiger partial charge in [-0.2, -0.15) is 0 Å². The van der Waals surface area contributed by atoms with E-state index in [2.05, 4.69) is 0 Å². The zero-order chi connectivity index (χ0) is 19.2. The SMILES string of the molecule is COc1ccc(/C=C/C(=O)c2ccccc2-c2ccc(F)cc2)cc1OC. The third kappa shape index (κ3) is 4.23. The molecule has 3 rings (SSSR count). The van der Waals surface area contributed by atoms with Crippen LogP contribution in [-0.4, -0.2) is 20.0 Å². The maximum atomic E-state index is 13.2. The number of hydrogen-bond donors (Lipinski definition) is 0. The molecule has 136 valence electrons. The molecule has 0 spiro atoms. The third-order valence-corrected chi connectivity index (χ3v) is 4.18. The number of hydrogen-bond acceptors (Lipinski definition) is 3. The lowest BCUT2D eigenvalue weighted by Crippen LogP contribution is -1.98. The first-order valence-corrected chi connectivity index (χ1v) is 8.42. The minimum Gasteiger partial charge on any atom is -0.493 e. The van der Waals surface area contributed by atoms with E-state index in [1.54, 1.807) is 50.6 Å². The number of ether oxygens (including phenoxy) is 2. The molecular weight excluding hydrogens is 343 g/mol. The highest BCUT2D eigenvalue weighted by Crippen LogP contribution is 2.28. The van der Waals surface area contributed by atoms with Crippen LogP contribution in [0.4, 0.5) is 4.39 Å². The van der Waals surface area contributed by atoms with Crippen molar-refractivity contribution in [1.29, 1.82) is 0 Å². The van der Waals surface area contributed by atoms with Crippen molar-refractivity contribution in [2.75, 3.05) is 14.2 Å². The van der Waals surface area contributed by atoms with Crippen molar-refractivity contribution in [1.82, 2.24) is 0 Å². The van der Waals surface area contributed by atoms with Crippen LogP contribution in [0.2, 0.25) is 0 Å². The van der Waals surface area contributed by atoms with E-state index < -0.39 is 0 Å². The molecule has 0 radical (unpaired) electrons. The Hall–Kier alpha value is -3.40. The second kappa shape index (κ2) is 8.32. The summed E-state index contributed by atoms with van der Waals surface area (Å²) in [6, 6.07) is 18.8. The molecule has 0 unspecified atom stereocenters. The molecule has 0 N–H and O–H groups in total. The molecule has 0 saturated carbocycles. The average Bonchev–Trinajstić information content (AvgIpc) is 2.72. The van der Waals surface area contributed by atoms with Gasteiger partial charge in [0.05, 0.1) is 14.2 Å². The average molecular weight is 362 g/mol. The van der Waals surface area contributed by atoms with Gasteiger partial charge in [0, 0.05) is 5.56 Å². The lowest BCUT2D eigenvalue weighted by Gasteiger charge is -2.08. The predicted molar refractivity (Wildman–Crippen MR) is 105 cm³/mol. The Kier molecular flexibility index (Phi) is 5.67. The van der Waals surface area contributed by atoms with Gasteiger partial charge in [0.25, 0.3) is 0 Å². The van der Waals surface area contributed by atoms with Crippen LogP contribution in [0.15, 0.2) is 72.8 Å². The van der Waals surface area contributed by atoms with Crippen LogP contribution in [0.3, 0.4) is 0 Å². The maximum absolute atomic E-state index is 13.2. The Morgan fingerprint density at radius 1 is 0.889 bits per heavy atom. The van der Waals surface area contributed by atoms with Gasteiger partial charge in [-0.25, -0.2) is 4.39 Å². The monoisotopic (exact) mass is 362 g/mol. The summed E-state index contributed by atoms with van der Waals surface area (Å²) in [4.78, 5) is 12.7. The normalized spacial score (nSPS) is 10.8. The van der Waals surface area contributed by atoms with Gasteiger partial charge in [0.2, 0.25) is 0 Å². The molecule has 3 nitrogen and oxygen atoms in total. The van der Waals surface area contributed by atoms with Crippen LogP contribution in [-0.2, 0) is 0 Å². The number of carbonyl (C=O) groups is 1. The summed E-state index contributed by atoms with van der Waals surface area (Å²) in [5.41, 5.74) is 2.93. The molecule has 0 atom stereocenters. The fourth-order valence-electron chi connectivity index (χ4n) is 2.80. The third-order valence-electron chi connectivity index (χ3n) is 4.18. The number of ketones is 1. The lowest BCUT2D eigenvalue weighted by molar-refractivity contribution is 0.104. The van der Waals surface area contributed by atoms with E-state index in [1.807, 2.05) is 24.3 Å². The second-order valence-electron chi connectivity index (χ2n) is 5.86. The molecule has 4 heteroatoms. The Morgan fingerprint density at radius 3 is 2.30 bits per heavy atom. The summed E-state index contributed by atoms with van der Waals surface area (Å²) in [5.74, 6) is 0.780. The lowest BCUT2D eigenvalue weighted by atomic mass is 9.96. The molecular formula is C23H19FO3. The van der Waals surface area contributed by atoms with E-state index in [0.717, 1.165) is 16.7 Å². The Labute approximate surface area is 157 Å². The zero-order valence-corrected chi connectivity index (χ0v) is 15.1. The smallest absolute Gasteiger partial charge is 0.186 e. The quantitative estimate of drug-likeness (QED) is 0.435. The minimum absolute atomic E-state index is 0.135. The van der Waals surface area contributed by atoms with E-state index in [9.17, 15) is 9.18 Å². The van der Waals surface area contributed by atoms with E-state index in [-0.39, 0.29) is 11.6 Å². The van der Waals surface area contributed by atoms with Crippen molar-refractivity contribution in [2.45, 2.75) is 0 Å².